The van der Waals surface area contributed by atoms with Crippen LogP contribution in [0.1, 0.15) is 40.5 Å². The van der Waals surface area contributed by atoms with Crippen LogP contribution >= 0.6 is 0 Å². The molecule has 0 saturated carbocycles. The van der Waals surface area contributed by atoms with Gasteiger partial charge in [0.2, 0.25) is 0 Å². The van der Waals surface area contributed by atoms with Gasteiger partial charge < -0.3 is 5.11 Å². The molecule has 12 heavy (non-hydrogen) atoms. The van der Waals surface area contributed by atoms with Crippen molar-refractivity contribution in [2.75, 3.05) is 13.7 Å². The highest BCUT2D eigenvalue weighted by molar-refractivity contribution is 4.82. The number of aliphatic hydroxyl groups excluding tert-OH is 1. The lowest BCUT2D eigenvalue weighted by Gasteiger charge is -2.39. The van der Waals surface area contributed by atoms with Crippen molar-refractivity contribution in [2.24, 2.45) is 0 Å². The van der Waals surface area contributed by atoms with Crippen LogP contribution in [0.3, 0.4) is 0 Å². The maximum absolute atomic E-state index is 9.16. The third-order valence-corrected chi connectivity index (χ3v) is 2.83. The van der Waals surface area contributed by atoms with E-state index in [0.29, 0.717) is 6.04 Å². The Labute approximate surface area is 76.6 Å². The first-order valence-corrected chi connectivity index (χ1v) is 4.83. The quantitative estimate of drug-likeness (QED) is 0.686. The largest absolute Gasteiger partial charge is 0.394 e. The first-order chi connectivity index (χ1) is 5.49. The summed E-state index contributed by atoms with van der Waals surface area (Å²) in [5.41, 5.74) is -0.0866. The molecular weight excluding hydrogens is 150 g/mol. The molecule has 0 aromatic carbocycles. The molecule has 0 rings (SSSR count). The summed E-state index contributed by atoms with van der Waals surface area (Å²) < 4.78 is 0. The molecule has 0 aromatic rings. The molecule has 0 aromatic heterocycles. The van der Waals surface area contributed by atoms with Gasteiger partial charge in [0.15, 0.2) is 0 Å². The van der Waals surface area contributed by atoms with Gasteiger partial charge in [0.1, 0.15) is 0 Å². The first kappa shape index (κ1) is 11.9. The Hall–Kier alpha value is -0.0800. The van der Waals surface area contributed by atoms with Crippen LogP contribution in [0.4, 0.5) is 0 Å². The maximum atomic E-state index is 9.16. The molecule has 0 amide bonds. The standard InChI is InChI=1S/C10H23NO/c1-6-9(7-2)11(5)10(3,4)8-12/h9,12H,6-8H2,1-5H3. The summed E-state index contributed by atoms with van der Waals surface area (Å²) in [6.45, 7) is 8.76. The Morgan fingerprint density at radius 3 is 1.92 bits per heavy atom. The monoisotopic (exact) mass is 173 g/mol. The van der Waals surface area contributed by atoms with E-state index in [9.17, 15) is 0 Å². The molecule has 0 fully saturated rings. The number of likely N-dealkylation sites (N-methyl/N-ethyl adjacent to an activating group) is 1. The Balaban J connectivity index is 4.23. The highest BCUT2D eigenvalue weighted by Crippen LogP contribution is 2.18. The van der Waals surface area contributed by atoms with Crippen molar-refractivity contribution in [1.82, 2.24) is 4.90 Å². The predicted octanol–water partition coefficient (Wildman–Crippen LogP) is 1.88. The minimum atomic E-state index is -0.0866. The molecule has 0 aliphatic carbocycles. The van der Waals surface area contributed by atoms with E-state index in [1.165, 1.54) is 0 Å². The average molecular weight is 173 g/mol. The molecule has 0 bridgehead atoms. The van der Waals surface area contributed by atoms with Crippen LogP contribution in [-0.2, 0) is 0 Å². The van der Waals surface area contributed by atoms with Crippen LogP contribution in [0.25, 0.3) is 0 Å². The predicted molar refractivity (Wildman–Crippen MR) is 53.3 cm³/mol. The molecule has 2 nitrogen and oxygen atoms in total. The van der Waals surface area contributed by atoms with Gasteiger partial charge in [-0.1, -0.05) is 13.8 Å². The summed E-state index contributed by atoms with van der Waals surface area (Å²) >= 11 is 0. The molecule has 1 N–H and O–H groups in total. The SMILES string of the molecule is CCC(CC)N(C)C(C)(C)CO. The second-order valence-electron chi connectivity index (χ2n) is 4.05. The van der Waals surface area contributed by atoms with Gasteiger partial charge >= 0.3 is 0 Å². The minimum absolute atomic E-state index is 0.0866. The average Bonchev–Trinajstić information content (AvgIpc) is 2.06. The van der Waals surface area contributed by atoms with Gasteiger partial charge in [-0.3, -0.25) is 4.90 Å². The van der Waals surface area contributed by atoms with E-state index >= 15 is 0 Å². The fourth-order valence-electron chi connectivity index (χ4n) is 1.44. The third kappa shape index (κ3) is 2.76. The van der Waals surface area contributed by atoms with E-state index < -0.39 is 0 Å². The second-order valence-corrected chi connectivity index (χ2v) is 4.05. The summed E-state index contributed by atoms with van der Waals surface area (Å²) in [5.74, 6) is 0. The fourth-order valence-corrected chi connectivity index (χ4v) is 1.44. The van der Waals surface area contributed by atoms with Gasteiger partial charge in [0.05, 0.1) is 6.61 Å². The van der Waals surface area contributed by atoms with Crippen LogP contribution in [0.15, 0.2) is 0 Å². The van der Waals surface area contributed by atoms with Crippen LogP contribution < -0.4 is 0 Å². The summed E-state index contributed by atoms with van der Waals surface area (Å²) in [4.78, 5) is 2.27. The third-order valence-electron chi connectivity index (χ3n) is 2.83. The molecule has 0 heterocycles. The molecule has 0 unspecified atom stereocenters. The van der Waals surface area contributed by atoms with Gasteiger partial charge in [0.25, 0.3) is 0 Å². The van der Waals surface area contributed by atoms with Crippen molar-refractivity contribution in [3.8, 4) is 0 Å². The Kier molecular flexibility index (Phi) is 4.80. The van der Waals surface area contributed by atoms with E-state index in [1.807, 2.05) is 0 Å². The van der Waals surface area contributed by atoms with Crippen molar-refractivity contribution >= 4 is 0 Å². The Bertz CT molecular complexity index is 119. The normalized spacial score (nSPS) is 13.0. The second kappa shape index (κ2) is 4.83. The molecule has 0 spiro atoms. The van der Waals surface area contributed by atoms with Crippen molar-refractivity contribution in [1.29, 1.82) is 0 Å². The van der Waals surface area contributed by atoms with Crippen molar-refractivity contribution in [3.63, 3.8) is 0 Å². The van der Waals surface area contributed by atoms with E-state index in [-0.39, 0.29) is 12.1 Å². The maximum Gasteiger partial charge on any atom is 0.0610 e. The Morgan fingerprint density at radius 1 is 1.25 bits per heavy atom. The highest BCUT2D eigenvalue weighted by atomic mass is 16.3. The first-order valence-electron chi connectivity index (χ1n) is 4.83. The lowest BCUT2D eigenvalue weighted by molar-refractivity contribution is 0.0421. The lowest BCUT2D eigenvalue weighted by atomic mass is 10.00. The summed E-state index contributed by atoms with van der Waals surface area (Å²) in [6, 6.07) is 0.590. The number of rotatable bonds is 5. The van der Waals surface area contributed by atoms with Crippen LogP contribution in [0.5, 0.6) is 0 Å². The van der Waals surface area contributed by atoms with Gasteiger partial charge in [0, 0.05) is 11.6 Å². The fraction of sp³-hybridized carbons (Fsp3) is 1.00. The van der Waals surface area contributed by atoms with E-state index in [2.05, 4.69) is 39.6 Å². The lowest BCUT2D eigenvalue weighted by Crippen LogP contribution is -2.49. The summed E-state index contributed by atoms with van der Waals surface area (Å²) in [5, 5.41) is 9.16. The summed E-state index contributed by atoms with van der Waals surface area (Å²) in [6.07, 6.45) is 2.30. The van der Waals surface area contributed by atoms with E-state index in [0.717, 1.165) is 12.8 Å². The van der Waals surface area contributed by atoms with Gasteiger partial charge in [-0.15, -0.1) is 0 Å². The van der Waals surface area contributed by atoms with Gasteiger partial charge in [-0.05, 0) is 33.7 Å². The van der Waals surface area contributed by atoms with Crippen molar-refractivity contribution < 1.29 is 5.11 Å². The van der Waals surface area contributed by atoms with Crippen LogP contribution in [0, 0.1) is 0 Å². The smallest absolute Gasteiger partial charge is 0.0610 e. The van der Waals surface area contributed by atoms with Gasteiger partial charge in [-0.25, -0.2) is 0 Å². The topological polar surface area (TPSA) is 23.5 Å². The zero-order chi connectivity index (χ0) is 9.78. The van der Waals surface area contributed by atoms with E-state index in [4.69, 9.17) is 5.11 Å². The van der Waals surface area contributed by atoms with E-state index in [1.54, 1.807) is 0 Å². The molecule has 0 atom stereocenters. The number of aliphatic hydroxyl groups is 1. The minimum Gasteiger partial charge on any atom is -0.394 e. The van der Waals surface area contributed by atoms with Crippen molar-refractivity contribution in [3.05, 3.63) is 0 Å². The molecular formula is C10H23NO. The molecule has 0 aliphatic heterocycles. The molecule has 74 valence electrons. The molecule has 2 heteroatoms. The zero-order valence-corrected chi connectivity index (χ0v) is 9.09. The zero-order valence-electron chi connectivity index (χ0n) is 9.09. The van der Waals surface area contributed by atoms with Gasteiger partial charge in [-0.2, -0.15) is 0 Å². The van der Waals surface area contributed by atoms with Crippen LogP contribution in [0.2, 0.25) is 0 Å². The molecule has 0 aliphatic rings. The molecule has 0 radical (unpaired) electrons. The number of hydrogen-bond acceptors (Lipinski definition) is 2. The van der Waals surface area contributed by atoms with Crippen molar-refractivity contribution in [2.45, 2.75) is 52.1 Å². The number of hydrogen-bond donors (Lipinski definition) is 1. The highest BCUT2D eigenvalue weighted by Gasteiger charge is 2.26. The number of nitrogens with zero attached hydrogens (tertiary/aromatic N) is 1. The summed E-state index contributed by atoms with van der Waals surface area (Å²) in [7, 11) is 2.09. The van der Waals surface area contributed by atoms with Crippen LogP contribution in [-0.4, -0.2) is 35.2 Å². The molecule has 0 saturated heterocycles. The Morgan fingerprint density at radius 2 is 1.67 bits per heavy atom.